The number of ether oxygens (including phenoxy) is 9. The molecule has 0 aliphatic heterocycles. The summed E-state index contributed by atoms with van der Waals surface area (Å²) >= 11 is 0. The summed E-state index contributed by atoms with van der Waals surface area (Å²) < 4.78 is 62.0. The van der Waals surface area contributed by atoms with Crippen molar-refractivity contribution in [1.29, 1.82) is 0 Å². The minimum atomic E-state index is -3.00. The number of alkyl halides is 1. The molecule has 0 radical (unpaired) electrons. The van der Waals surface area contributed by atoms with Crippen molar-refractivity contribution < 1.29 is 47.0 Å². The van der Waals surface area contributed by atoms with E-state index in [9.17, 15) is 0 Å². The molecule has 0 aliphatic carbocycles. The van der Waals surface area contributed by atoms with Crippen molar-refractivity contribution in [2.45, 2.75) is 23.6 Å². The van der Waals surface area contributed by atoms with Gasteiger partial charge in [-0.3, -0.25) is 0 Å². The van der Waals surface area contributed by atoms with E-state index in [1.165, 1.54) is 35.5 Å². The van der Waals surface area contributed by atoms with Gasteiger partial charge in [0.05, 0.1) is 0 Å². The van der Waals surface area contributed by atoms with Gasteiger partial charge in [-0.05, 0) is 0 Å². The molecule has 0 saturated heterocycles. The van der Waals surface area contributed by atoms with E-state index in [0.29, 0.717) is 0 Å². The van der Waals surface area contributed by atoms with Crippen LogP contribution in [0.2, 0.25) is 0 Å². The molecule has 0 rings (SSSR count). The molecule has 0 atom stereocenters. The lowest BCUT2D eigenvalue weighted by Gasteiger charge is -2.54. The molecular weight excluding hydrogens is 319 g/mol. The van der Waals surface area contributed by atoms with Crippen molar-refractivity contribution >= 4 is 0 Å². The van der Waals surface area contributed by atoms with E-state index in [-0.39, 0.29) is 0 Å². The molecule has 0 saturated carbocycles. The molecule has 0 amide bonds. The smallest absolute Gasteiger partial charge is 0.342 e. The van der Waals surface area contributed by atoms with Gasteiger partial charge in [0.1, 0.15) is 0 Å². The normalized spacial score (nSPS) is 14.3. The first-order valence-corrected chi connectivity index (χ1v) is 6.45. The van der Waals surface area contributed by atoms with Gasteiger partial charge in [0.2, 0.25) is 0 Å². The standard InChI is InChI=1S/C13H27FO9/c1-15-10(16-2,12(14,19-5)20-6)11(17-3,18-4)13(21-7,22-8)23-9/h1-9H3. The molecule has 10 heteroatoms. The Morgan fingerprint density at radius 2 is 0.739 bits per heavy atom. The molecular formula is C13H27FO9. The molecule has 0 bridgehead atoms. The lowest BCUT2D eigenvalue weighted by Crippen LogP contribution is -2.79. The molecule has 0 fully saturated rings. The van der Waals surface area contributed by atoms with Crippen molar-refractivity contribution in [3.8, 4) is 0 Å². The summed E-state index contributed by atoms with van der Waals surface area (Å²) in [7, 11) is 10.4. The molecule has 0 aromatic carbocycles. The third-order valence-electron chi connectivity index (χ3n) is 3.71. The summed E-state index contributed by atoms with van der Waals surface area (Å²) in [5, 5.41) is 0. The van der Waals surface area contributed by atoms with E-state index in [0.717, 1.165) is 28.4 Å². The summed E-state index contributed by atoms with van der Waals surface area (Å²) in [5.74, 6) is -6.89. The Balaban J connectivity index is 6.76. The Hall–Kier alpha value is -0.430. The highest BCUT2D eigenvalue weighted by molar-refractivity contribution is 5.02. The number of hydrogen-bond acceptors (Lipinski definition) is 9. The van der Waals surface area contributed by atoms with Crippen molar-refractivity contribution in [2.24, 2.45) is 0 Å². The van der Waals surface area contributed by atoms with Crippen LogP contribution in [-0.4, -0.2) is 87.6 Å². The van der Waals surface area contributed by atoms with Crippen molar-refractivity contribution in [1.82, 2.24) is 0 Å². The predicted molar refractivity (Wildman–Crippen MR) is 75.1 cm³/mol. The predicted octanol–water partition coefficient (Wildman–Crippen LogP) is 0.474. The first-order valence-electron chi connectivity index (χ1n) is 6.45. The Morgan fingerprint density at radius 1 is 0.435 bits per heavy atom. The molecule has 0 spiro atoms. The van der Waals surface area contributed by atoms with E-state index in [1.54, 1.807) is 0 Å². The number of methoxy groups -OCH3 is 9. The van der Waals surface area contributed by atoms with Crippen LogP contribution in [0.5, 0.6) is 0 Å². The van der Waals surface area contributed by atoms with Crippen molar-refractivity contribution in [2.75, 3.05) is 64.0 Å². The highest BCUT2D eigenvalue weighted by Crippen LogP contribution is 2.50. The molecule has 0 aromatic heterocycles. The average Bonchev–Trinajstić information content (AvgIpc) is 2.62. The summed E-state index contributed by atoms with van der Waals surface area (Å²) in [6, 6.07) is -3.00. The zero-order valence-electron chi connectivity index (χ0n) is 15.1. The number of rotatable bonds is 12. The second-order valence-electron chi connectivity index (χ2n) is 4.16. The SMILES string of the molecule is COC(F)(OC)C(OC)(OC)C(OC)(OC)C(OC)(OC)OC. The Labute approximate surface area is 135 Å². The summed E-state index contributed by atoms with van der Waals surface area (Å²) in [5.41, 5.74) is 0. The monoisotopic (exact) mass is 346 g/mol. The second-order valence-corrected chi connectivity index (χ2v) is 4.16. The third-order valence-corrected chi connectivity index (χ3v) is 3.71. The molecule has 9 nitrogen and oxygen atoms in total. The van der Waals surface area contributed by atoms with Crippen LogP contribution in [0.15, 0.2) is 0 Å². The maximum Gasteiger partial charge on any atom is 0.381 e. The van der Waals surface area contributed by atoms with Crippen LogP contribution in [-0.2, 0) is 42.6 Å². The number of hydrogen-bond donors (Lipinski definition) is 0. The quantitative estimate of drug-likeness (QED) is 0.468. The van der Waals surface area contributed by atoms with Crippen LogP contribution in [0.3, 0.4) is 0 Å². The highest BCUT2D eigenvalue weighted by atomic mass is 19.2. The van der Waals surface area contributed by atoms with Crippen LogP contribution in [0, 0.1) is 0 Å². The fourth-order valence-corrected chi connectivity index (χ4v) is 2.60. The zero-order valence-corrected chi connectivity index (χ0v) is 15.1. The van der Waals surface area contributed by atoms with E-state index in [1.807, 2.05) is 0 Å². The first kappa shape index (κ1) is 22.6. The molecule has 0 heterocycles. The van der Waals surface area contributed by atoms with E-state index in [2.05, 4.69) is 0 Å². The lowest BCUT2D eigenvalue weighted by atomic mass is 9.99. The first-order chi connectivity index (χ1) is 10.8. The maximum atomic E-state index is 15.4. The van der Waals surface area contributed by atoms with Gasteiger partial charge in [-0.2, -0.15) is 4.39 Å². The van der Waals surface area contributed by atoms with Crippen molar-refractivity contribution in [3.63, 3.8) is 0 Å². The Kier molecular flexibility index (Phi) is 8.44. The van der Waals surface area contributed by atoms with Gasteiger partial charge in [-0.1, -0.05) is 0 Å². The van der Waals surface area contributed by atoms with E-state index in [4.69, 9.17) is 42.6 Å². The van der Waals surface area contributed by atoms with Crippen LogP contribution in [0.4, 0.5) is 4.39 Å². The third kappa shape index (κ3) is 2.88. The fraction of sp³-hybridized carbons (Fsp3) is 1.00. The van der Waals surface area contributed by atoms with Gasteiger partial charge in [-0.25, -0.2) is 0 Å². The summed E-state index contributed by atoms with van der Waals surface area (Å²) in [6.07, 6.45) is 0. The minimum Gasteiger partial charge on any atom is -0.342 e. The van der Waals surface area contributed by atoms with Gasteiger partial charge in [-0.15, -0.1) is 0 Å². The van der Waals surface area contributed by atoms with Crippen molar-refractivity contribution in [3.05, 3.63) is 0 Å². The maximum absolute atomic E-state index is 15.4. The number of halogens is 1. The van der Waals surface area contributed by atoms with Crippen LogP contribution < -0.4 is 0 Å². The van der Waals surface area contributed by atoms with Gasteiger partial charge in [0.15, 0.2) is 0 Å². The van der Waals surface area contributed by atoms with E-state index >= 15 is 4.39 Å². The fourth-order valence-electron chi connectivity index (χ4n) is 2.60. The summed E-state index contributed by atoms with van der Waals surface area (Å²) in [4.78, 5) is 0. The average molecular weight is 346 g/mol. The topological polar surface area (TPSA) is 83.1 Å². The van der Waals surface area contributed by atoms with Gasteiger partial charge >= 0.3 is 23.6 Å². The molecule has 0 N–H and O–H groups in total. The van der Waals surface area contributed by atoms with E-state index < -0.39 is 23.6 Å². The van der Waals surface area contributed by atoms with Gasteiger partial charge in [0, 0.05) is 64.0 Å². The van der Waals surface area contributed by atoms with Crippen LogP contribution in [0.25, 0.3) is 0 Å². The minimum absolute atomic E-state index is 1.04. The zero-order chi connectivity index (χ0) is 18.4. The Morgan fingerprint density at radius 3 is 0.913 bits per heavy atom. The Bertz CT molecular complexity index is 328. The molecule has 0 aromatic rings. The highest BCUT2D eigenvalue weighted by Gasteiger charge is 2.80. The molecule has 140 valence electrons. The van der Waals surface area contributed by atoms with Gasteiger partial charge in [0.25, 0.3) is 0 Å². The molecule has 0 unspecified atom stereocenters. The largest absolute Gasteiger partial charge is 0.381 e. The summed E-state index contributed by atoms with van der Waals surface area (Å²) in [6.45, 7) is 0. The van der Waals surface area contributed by atoms with Crippen LogP contribution in [0.1, 0.15) is 0 Å². The lowest BCUT2D eigenvalue weighted by molar-refractivity contribution is -0.579. The second kappa shape index (κ2) is 8.60. The van der Waals surface area contributed by atoms with Gasteiger partial charge < -0.3 is 42.6 Å². The molecule has 0 aliphatic rings. The molecule has 23 heavy (non-hydrogen) atoms. The van der Waals surface area contributed by atoms with Crippen LogP contribution >= 0.6 is 0 Å².